The summed E-state index contributed by atoms with van der Waals surface area (Å²) in [6.45, 7) is 9.61. The third-order valence-corrected chi connectivity index (χ3v) is 14.8. The fourth-order valence-corrected chi connectivity index (χ4v) is 11.8. The van der Waals surface area contributed by atoms with Crippen LogP contribution in [0, 0.1) is 0 Å². The van der Waals surface area contributed by atoms with E-state index in [2.05, 4.69) is 219 Å². The molecule has 62 heavy (non-hydrogen) atoms. The van der Waals surface area contributed by atoms with Crippen LogP contribution in [0.2, 0.25) is 0 Å². The molecule has 0 spiro atoms. The maximum absolute atomic E-state index is 2.58. The van der Waals surface area contributed by atoms with Crippen molar-refractivity contribution in [2.24, 2.45) is 0 Å². The van der Waals surface area contributed by atoms with E-state index < -0.39 is 0 Å². The molecule has 9 aromatic carbocycles. The minimum absolute atomic E-state index is 0.123. The van der Waals surface area contributed by atoms with Gasteiger partial charge in [-0.05, 0) is 133 Å². The van der Waals surface area contributed by atoms with Gasteiger partial charge in [0.15, 0.2) is 0 Å². The van der Waals surface area contributed by atoms with Gasteiger partial charge in [0.05, 0.1) is 11.2 Å². The van der Waals surface area contributed by atoms with Crippen LogP contribution in [0.3, 0.4) is 0 Å². The minimum atomic E-state index is -0.217. The molecule has 0 aliphatic heterocycles. The number of fused-ring (bicyclic) bond motifs is 15. The summed E-state index contributed by atoms with van der Waals surface area (Å²) < 4.78 is 2.58. The molecule has 3 aliphatic rings. The van der Waals surface area contributed by atoms with Crippen molar-refractivity contribution in [2.45, 2.75) is 51.4 Å². The Morgan fingerprint density at radius 3 is 1.71 bits per heavy atom. The molecular formula is C60H46N2. The van der Waals surface area contributed by atoms with Crippen molar-refractivity contribution in [3.8, 4) is 27.9 Å². The van der Waals surface area contributed by atoms with E-state index in [1.807, 2.05) is 0 Å². The molecule has 3 aliphatic carbocycles. The Labute approximate surface area is 363 Å². The summed E-state index contributed by atoms with van der Waals surface area (Å²) in [5.41, 5.74) is 19.3. The van der Waals surface area contributed by atoms with Gasteiger partial charge in [-0.15, -0.1) is 0 Å². The van der Waals surface area contributed by atoms with Gasteiger partial charge in [-0.2, -0.15) is 0 Å². The highest BCUT2D eigenvalue weighted by Crippen LogP contribution is 2.55. The summed E-state index contributed by atoms with van der Waals surface area (Å²) in [6.07, 6.45) is 6.78. The maximum atomic E-state index is 2.58. The van der Waals surface area contributed by atoms with Crippen LogP contribution in [-0.2, 0) is 17.3 Å². The predicted molar refractivity (Wildman–Crippen MR) is 263 cm³/mol. The first-order valence-corrected chi connectivity index (χ1v) is 22.2. The van der Waals surface area contributed by atoms with Crippen molar-refractivity contribution in [3.05, 3.63) is 209 Å². The molecular weight excluding hydrogens is 749 g/mol. The predicted octanol–water partition coefficient (Wildman–Crippen LogP) is 16.1. The Balaban J connectivity index is 1.04. The third kappa shape index (κ3) is 4.75. The van der Waals surface area contributed by atoms with Gasteiger partial charge in [0.2, 0.25) is 0 Å². The molecule has 13 rings (SSSR count). The molecule has 0 amide bonds. The highest BCUT2D eigenvalue weighted by Gasteiger charge is 2.39. The molecule has 2 nitrogen and oxygen atoms in total. The Morgan fingerprint density at radius 2 is 0.968 bits per heavy atom. The second-order valence-electron chi connectivity index (χ2n) is 18.8. The second kappa shape index (κ2) is 12.7. The molecule has 10 aromatic rings. The number of anilines is 3. The van der Waals surface area contributed by atoms with Crippen molar-refractivity contribution < 1.29 is 0 Å². The van der Waals surface area contributed by atoms with Gasteiger partial charge < -0.3 is 9.47 Å². The van der Waals surface area contributed by atoms with Gasteiger partial charge in [-0.3, -0.25) is 0 Å². The number of hydrogen-bond donors (Lipinski definition) is 0. The molecule has 0 unspecified atom stereocenters. The summed E-state index contributed by atoms with van der Waals surface area (Å²) in [5, 5.41) is 9.03. The monoisotopic (exact) mass is 794 g/mol. The van der Waals surface area contributed by atoms with Gasteiger partial charge >= 0.3 is 0 Å². The van der Waals surface area contributed by atoms with E-state index in [1.165, 1.54) is 110 Å². The average Bonchev–Trinajstić information content (AvgIpc) is 3.86. The van der Waals surface area contributed by atoms with Gasteiger partial charge in [-0.25, -0.2) is 0 Å². The highest BCUT2D eigenvalue weighted by molar-refractivity contribution is 6.25. The van der Waals surface area contributed by atoms with Crippen LogP contribution in [0.1, 0.15) is 67.6 Å². The lowest BCUT2D eigenvalue weighted by Crippen LogP contribution is -2.18. The summed E-state index contributed by atoms with van der Waals surface area (Å²) >= 11 is 0. The Hall–Kier alpha value is -7.16. The van der Waals surface area contributed by atoms with E-state index in [1.54, 1.807) is 0 Å². The van der Waals surface area contributed by atoms with Crippen LogP contribution in [-0.4, -0.2) is 4.57 Å². The van der Waals surface area contributed by atoms with E-state index >= 15 is 0 Å². The number of rotatable bonds is 4. The van der Waals surface area contributed by atoms with E-state index in [4.69, 9.17) is 0 Å². The minimum Gasteiger partial charge on any atom is -0.312 e. The standard InChI is InChI=1S/C60H46N2/c1-59(2)51-23-12-9-20-45(51)46-32-29-38(35-53(46)59)61(37-28-31-44-42-18-6-5-16-40(42)41-17-7-8-19-43(41)50(44)34-37)39-30-33-49-54(36-39)60(3,4)52-24-15-27-57(58(49)52)62-55-25-13-10-21-47(55)48-22-11-14-26-56(48)62/h5-13,15-25,27-36H,14,26H2,1-4H3. The molecule has 1 aromatic heterocycles. The van der Waals surface area contributed by atoms with E-state index in [0.717, 1.165) is 24.2 Å². The van der Waals surface area contributed by atoms with E-state index in [-0.39, 0.29) is 10.8 Å². The van der Waals surface area contributed by atoms with Crippen molar-refractivity contribution in [1.82, 2.24) is 4.57 Å². The lowest BCUT2D eigenvalue weighted by atomic mass is 9.82. The van der Waals surface area contributed by atoms with Gasteiger partial charge in [0.1, 0.15) is 0 Å². The molecule has 0 radical (unpaired) electrons. The van der Waals surface area contributed by atoms with Crippen LogP contribution in [0.5, 0.6) is 0 Å². The largest absolute Gasteiger partial charge is 0.312 e. The summed E-state index contributed by atoms with van der Waals surface area (Å²) in [5.74, 6) is 0. The molecule has 0 saturated carbocycles. The topological polar surface area (TPSA) is 8.17 Å². The fourth-order valence-electron chi connectivity index (χ4n) is 11.8. The first kappa shape index (κ1) is 35.6. The van der Waals surface area contributed by atoms with Crippen LogP contribution in [0.25, 0.3) is 77.2 Å². The zero-order valence-corrected chi connectivity index (χ0v) is 35.6. The van der Waals surface area contributed by atoms with Crippen molar-refractivity contribution in [1.29, 1.82) is 0 Å². The highest BCUT2D eigenvalue weighted by atomic mass is 15.1. The van der Waals surface area contributed by atoms with Crippen LogP contribution >= 0.6 is 0 Å². The van der Waals surface area contributed by atoms with E-state index in [0.29, 0.717) is 0 Å². The zero-order chi connectivity index (χ0) is 41.5. The Morgan fingerprint density at radius 1 is 0.435 bits per heavy atom. The first-order chi connectivity index (χ1) is 30.3. The summed E-state index contributed by atoms with van der Waals surface area (Å²) in [4.78, 5) is 2.52. The normalized spacial score (nSPS) is 15.2. The first-order valence-electron chi connectivity index (χ1n) is 22.2. The molecule has 0 fully saturated rings. The molecule has 1 heterocycles. The van der Waals surface area contributed by atoms with Crippen molar-refractivity contribution in [3.63, 3.8) is 0 Å². The SMILES string of the molecule is CC1(C)c2ccccc2-c2ccc(N(c3ccc4c(c3)C(C)(C)c3cccc(-n5c6c(c7ccccc75)C=CCC6)c3-4)c3ccc4c5ccccc5c5ccccc5c4c3)cc21. The van der Waals surface area contributed by atoms with Gasteiger partial charge in [0, 0.05) is 50.1 Å². The van der Waals surface area contributed by atoms with Gasteiger partial charge in [0.25, 0.3) is 0 Å². The molecule has 0 atom stereocenters. The van der Waals surface area contributed by atoms with Gasteiger partial charge in [-0.1, -0.05) is 161 Å². The Kier molecular flexibility index (Phi) is 7.28. The molecule has 2 heteroatoms. The number of para-hydroxylation sites is 1. The third-order valence-electron chi connectivity index (χ3n) is 14.8. The average molecular weight is 795 g/mol. The lowest BCUT2D eigenvalue weighted by Gasteiger charge is -2.30. The van der Waals surface area contributed by atoms with Crippen molar-refractivity contribution >= 4 is 66.4 Å². The quantitative estimate of drug-likeness (QED) is 0.161. The summed E-state index contributed by atoms with van der Waals surface area (Å²) in [7, 11) is 0. The number of allylic oxidation sites excluding steroid dienone is 1. The number of nitrogens with zero attached hydrogens (tertiary/aromatic N) is 2. The smallest absolute Gasteiger partial charge is 0.0540 e. The number of hydrogen-bond acceptors (Lipinski definition) is 1. The summed E-state index contributed by atoms with van der Waals surface area (Å²) in [6, 6.07) is 64.3. The lowest BCUT2D eigenvalue weighted by molar-refractivity contribution is 0.659. The van der Waals surface area contributed by atoms with Crippen LogP contribution < -0.4 is 4.90 Å². The fraction of sp³-hybridized carbons (Fsp3) is 0.133. The van der Waals surface area contributed by atoms with Crippen molar-refractivity contribution in [2.75, 3.05) is 4.90 Å². The maximum Gasteiger partial charge on any atom is 0.0540 e. The van der Waals surface area contributed by atoms with Crippen LogP contribution in [0.15, 0.2) is 176 Å². The number of benzene rings is 9. The Bertz CT molecular complexity index is 3560. The van der Waals surface area contributed by atoms with E-state index in [9.17, 15) is 0 Å². The zero-order valence-electron chi connectivity index (χ0n) is 35.6. The second-order valence-corrected chi connectivity index (χ2v) is 18.8. The molecule has 0 N–H and O–H groups in total. The molecule has 0 saturated heterocycles. The molecule has 296 valence electrons. The molecule has 0 bridgehead atoms. The van der Waals surface area contributed by atoms with Crippen LogP contribution in [0.4, 0.5) is 17.1 Å². The number of aromatic nitrogens is 1.